The summed E-state index contributed by atoms with van der Waals surface area (Å²) < 4.78 is 2.09. The fraction of sp³-hybridized carbons (Fsp3) is 0.300. The van der Waals surface area contributed by atoms with Gasteiger partial charge in [-0.15, -0.1) is 0 Å². The maximum atomic E-state index is 4.72. The summed E-state index contributed by atoms with van der Waals surface area (Å²) in [5.74, 6) is 1.52. The number of aromatic nitrogens is 3. The van der Waals surface area contributed by atoms with Gasteiger partial charge in [0.15, 0.2) is 0 Å². The van der Waals surface area contributed by atoms with E-state index in [2.05, 4.69) is 58.8 Å². The van der Waals surface area contributed by atoms with E-state index < -0.39 is 0 Å². The van der Waals surface area contributed by atoms with Gasteiger partial charge < -0.3 is 15.2 Å². The van der Waals surface area contributed by atoms with Crippen molar-refractivity contribution in [3.8, 4) is 5.82 Å². The van der Waals surface area contributed by atoms with Crippen LogP contribution in [0.15, 0.2) is 61.1 Å². The molecule has 0 amide bonds. The van der Waals surface area contributed by atoms with Gasteiger partial charge in [-0.1, -0.05) is 24.8 Å². The van der Waals surface area contributed by atoms with Gasteiger partial charge in [0.05, 0.1) is 5.52 Å². The van der Waals surface area contributed by atoms with Crippen LogP contribution in [-0.4, -0.2) is 26.1 Å². The average molecular weight is 333 g/mol. The first-order valence-electron chi connectivity index (χ1n) is 8.62. The number of hydrogen-bond acceptors (Lipinski definition) is 4. The Bertz CT molecular complexity index is 924. The summed E-state index contributed by atoms with van der Waals surface area (Å²) in [6.45, 7) is 8.48. The highest BCUT2D eigenvalue weighted by Crippen LogP contribution is 2.25. The van der Waals surface area contributed by atoms with E-state index >= 15 is 0 Å². The molecular weight excluding hydrogens is 310 g/mol. The Morgan fingerprint density at radius 3 is 2.92 bits per heavy atom. The lowest BCUT2D eigenvalue weighted by molar-refractivity contribution is 0.324. The number of hydrogen-bond donors (Lipinski definition) is 2. The largest absolute Gasteiger partial charge is 0.384 e. The molecular formula is C20H23N5. The maximum Gasteiger partial charge on any atom is 0.224 e. The number of anilines is 1. The highest BCUT2D eigenvalue weighted by atomic mass is 15.2. The summed E-state index contributed by atoms with van der Waals surface area (Å²) in [5.41, 5.74) is 2.23. The van der Waals surface area contributed by atoms with Gasteiger partial charge in [0.1, 0.15) is 5.82 Å². The predicted molar refractivity (Wildman–Crippen MR) is 102 cm³/mol. The Balaban J connectivity index is 1.61. The first kappa shape index (κ1) is 15.7. The lowest BCUT2D eigenvalue weighted by Gasteiger charge is -2.38. The molecule has 0 spiro atoms. The second-order valence-corrected chi connectivity index (χ2v) is 7.34. The molecule has 1 aliphatic heterocycles. The molecule has 1 aliphatic rings. The molecule has 3 heterocycles. The van der Waals surface area contributed by atoms with Gasteiger partial charge >= 0.3 is 0 Å². The van der Waals surface area contributed by atoms with Gasteiger partial charge in [-0.25, -0.2) is 4.98 Å². The third-order valence-corrected chi connectivity index (χ3v) is 4.59. The van der Waals surface area contributed by atoms with Crippen molar-refractivity contribution in [3.05, 3.63) is 61.1 Å². The summed E-state index contributed by atoms with van der Waals surface area (Å²) in [4.78, 5) is 9.13. The zero-order valence-electron chi connectivity index (χ0n) is 14.7. The number of para-hydroxylation sites is 1. The van der Waals surface area contributed by atoms with Crippen LogP contribution in [0.1, 0.15) is 26.7 Å². The van der Waals surface area contributed by atoms with E-state index in [0.29, 0.717) is 5.95 Å². The van der Waals surface area contributed by atoms with Crippen LogP contribution in [0, 0.1) is 0 Å². The smallest absolute Gasteiger partial charge is 0.224 e. The molecule has 1 fully saturated rings. The quantitative estimate of drug-likeness (QED) is 0.764. The molecule has 2 N–H and O–H groups in total. The Kier molecular flexibility index (Phi) is 3.71. The molecule has 3 aromatic rings. The highest BCUT2D eigenvalue weighted by molar-refractivity contribution is 5.81. The Hall–Kier alpha value is -2.82. The van der Waals surface area contributed by atoms with E-state index in [9.17, 15) is 0 Å². The average Bonchev–Trinajstić information content (AvgIpc) is 2.97. The van der Waals surface area contributed by atoms with Crippen LogP contribution in [0.4, 0.5) is 5.95 Å². The molecule has 1 saturated heterocycles. The van der Waals surface area contributed by atoms with Gasteiger partial charge in [0, 0.05) is 36.1 Å². The third-order valence-electron chi connectivity index (χ3n) is 4.59. The van der Waals surface area contributed by atoms with Crippen LogP contribution < -0.4 is 10.6 Å². The number of rotatable bonds is 3. The molecule has 1 unspecified atom stereocenters. The molecule has 128 valence electrons. The van der Waals surface area contributed by atoms with Gasteiger partial charge in [-0.2, -0.15) is 4.98 Å². The van der Waals surface area contributed by atoms with Crippen LogP contribution in [0.2, 0.25) is 0 Å². The van der Waals surface area contributed by atoms with Crippen molar-refractivity contribution in [2.24, 2.45) is 0 Å². The SMILES string of the molecule is C=C1CC(Nc2nccc(-n3ccc4ccccc43)n2)CC(C)(C)N1. The van der Waals surface area contributed by atoms with Crippen LogP contribution in [-0.2, 0) is 0 Å². The Morgan fingerprint density at radius 2 is 2.08 bits per heavy atom. The summed E-state index contributed by atoms with van der Waals surface area (Å²) in [5, 5.41) is 8.13. The minimum Gasteiger partial charge on any atom is -0.384 e. The fourth-order valence-electron chi connectivity index (χ4n) is 3.69. The number of piperidine rings is 1. The zero-order valence-corrected chi connectivity index (χ0v) is 14.7. The molecule has 1 aromatic carbocycles. The van der Waals surface area contributed by atoms with Gasteiger partial charge in [0.2, 0.25) is 5.95 Å². The van der Waals surface area contributed by atoms with Crippen LogP contribution >= 0.6 is 0 Å². The minimum absolute atomic E-state index is 0.0290. The van der Waals surface area contributed by atoms with Crippen LogP contribution in [0.5, 0.6) is 0 Å². The van der Waals surface area contributed by atoms with Crippen molar-refractivity contribution in [1.29, 1.82) is 0 Å². The van der Waals surface area contributed by atoms with Crippen molar-refractivity contribution < 1.29 is 0 Å². The van der Waals surface area contributed by atoms with Crippen LogP contribution in [0.3, 0.4) is 0 Å². The van der Waals surface area contributed by atoms with Crippen molar-refractivity contribution >= 4 is 16.9 Å². The molecule has 1 atom stereocenters. The first-order valence-corrected chi connectivity index (χ1v) is 8.62. The van der Waals surface area contributed by atoms with Gasteiger partial charge in [0.25, 0.3) is 0 Å². The van der Waals surface area contributed by atoms with Crippen molar-refractivity contribution in [2.75, 3.05) is 5.32 Å². The lowest BCUT2D eigenvalue weighted by Crippen LogP contribution is -2.48. The molecule has 5 heteroatoms. The summed E-state index contributed by atoms with van der Waals surface area (Å²) >= 11 is 0. The maximum absolute atomic E-state index is 4.72. The molecule has 5 nitrogen and oxygen atoms in total. The van der Waals surface area contributed by atoms with Crippen LogP contribution in [0.25, 0.3) is 16.7 Å². The molecule has 4 rings (SSSR count). The van der Waals surface area contributed by atoms with E-state index in [1.807, 2.05) is 24.4 Å². The summed E-state index contributed by atoms with van der Waals surface area (Å²) in [6, 6.07) is 12.6. The standard InChI is InChI=1S/C20H23N5/c1-14-12-16(13-20(2,3)24-14)22-19-21-10-8-18(23-19)25-11-9-15-6-4-5-7-17(15)25/h4-11,16,24H,1,12-13H2,2-3H3,(H,21,22,23). The Morgan fingerprint density at radius 1 is 1.24 bits per heavy atom. The van der Waals surface area contributed by atoms with Crippen molar-refractivity contribution in [3.63, 3.8) is 0 Å². The highest BCUT2D eigenvalue weighted by Gasteiger charge is 2.29. The lowest BCUT2D eigenvalue weighted by atomic mass is 9.88. The summed E-state index contributed by atoms with van der Waals surface area (Å²) in [6.07, 6.45) is 5.72. The van der Waals surface area contributed by atoms with Crippen molar-refractivity contribution in [2.45, 2.75) is 38.3 Å². The number of benzene rings is 1. The third kappa shape index (κ3) is 3.22. The monoisotopic (exact) mass is 333 g/mol. The topological polar surface area (TPSA) is 54.8 Å². The molecule has 0 bridgehead atoms. The number of nitrogens with zero attached hydrogens (tertiary/aromatic N) is 3. The van der Waals surface area contributed by atoms with E-state index in [4.69, 9.17) is 4.98 Å². The van der Waals surface area contributed by atoms with Gasteiger partial charge in [-0.3, -0.25) is 0 Å². The van der Waals surface area contributed by atoms with Crippen molar-refractivity contribution in [1.82, 2.24) is 19.9 Å². The molecule has 0 aliphatic carbocycles. The molecule has 0 saturated carbocycles. The van der Waals surface area contributed by atoms with E-state index in [1.165, 1.54) is 5.39 Å². The minimum atomic E-state index is 0.0290. The number of nitrogens with one attached hydrogen (secondary N) is 2. The van der Waals surface area contributed by atoms with E-state index in [0.717, 1.165) is 29.9 Å². The number of fused-ring (bicyclic) bond motifs is 1. The normalized spacial score (nSPS) is 19.6. The van der Waals surface area contributed by atoms with Gasteiger partial charge in [-0.05, 0) is 43.9 Å². The van der Waals surface area contributed by atoms with E-state index in [-0.39, 0.29) is 11.6 Å². The molecule has 25 heavy (non-hydrogen) atoms. The Labute approximate surface area is 147 Å². The molecule has 0 radical (unpaired) electrons. The zero-order chi connectivity index (χ0) is 17.4. The van der Waals surface area contributed by atoms with E-state index in [1.54, 1.807) is 6.20 Å². The first-order chi connectivity index (χ1) is 12.0. The predicted octanol–water partition coefficient (Wildman–Crippen LogP) is 3.88. The second kappa shape index (κ2) is 5.92. The second-order valence-electron chi connectivity index (χ2n) is 7.34. The fourth-order valence-corrected chi connectivity index (χ4v) is 3.69. The molecule has 2 aromatic heterocycles. The summed E-state index contributed by atoms with van der Waals surface area (Å²) in [7, 11) is 0.